The summed E-state index contributed by atoms with van der Waals surface area (Å²) >= 11 is 0. The second-order valence-electron chi connectivity index (χ2n) is 7.86. The number of nitrogens with zero attached hydrogens (tertiary/aromatic N) is 2. The minimum atomic E-state index is 0.618. The fourth-order valence-electron chi connectivity index (χ4n) is 4.21. The third kappa shape index (κ3) is 3.98. The van der Waals surface area contributed by atoms with Gasteiger partial charge in [0.25, 0.3) is 0 Å². The number of hydrogen-bond acceptors (Lipinski definition) is 4. The maximum absolute atomic E-state index is 5.23. The summed E-state index contributed by atoms with van der Waals surface area (Å²) in [4.78, 5) is 4.88. The van der Waals surface area contributed by atoms with Crippen molar-refractivity contribution >= 4 is 0 Å². The van der Waals surface area contributed by atoms with Crippen LogP contribution in [0.4, 0.5) is 0 Å². The molecular weight excluding hydrogens is 262 g/mol. The van der Waals surface area contributed by atoms with Crippen LogP contribution in [-0.4, -0.2) is 76.4 Å². The highest BCUT2D eigenvalue weighted by Crippen LogP contribution is 2.37. The molecule has 4 rings (SSSR count). The van der Waals surface area contributed by atoms with Gasteiger partial charge in [0, 0.05) is 12.0 Å². The first-order chi connectivity index (χ1) is 10.2. The minimum absolute atomic E-state index is 0.618. The zero-order chi connectivity index (χ0) is 14.7. The third-order valence-electron chi connectivity index (χ3n) is 6.06. The van der Waals surface area contributed by atoms with Crippen molar-refractivity contribution in [1.82, 2.24) is 15.1 Å². The van der Waals surface area contributed by atoms with Gasteiger partial charge in [0.1, 0.15) is 0 Å². The summed E-state index contributed by atoms with van der Waals surface area (Å²) in [6, 6.07) is 0. The quantitative estimate of drug-likeness (QED) is 0.728. The highest BCUT2D eigenvalue weighted by atomic mass is 16.5. The summed E-state index contributed by atoms with van der Waals surface area (Å²) in [5, 5.41) is 3.48. The SMILES string of the molecule is CN1CCC2(CC1)COC2.CN1CCC2CNCCC2C1. The van der Waals surface area contributed by atoms with Crippen molar-refractivity contribution in [2.75, 3.05) is 66.6 Å². The van der Waals surface area contributed by atoms with Gasteiger partial charge in [0.05, 0.1) is 13.2 Å². The Balaban J connectivity index is 0.000000126. The summed E-state index contributed by atoms with van der Waals surface area (Å²) in [5.41, 5.74) is 0.618. The van der Waals surface area contributed by atoms with Crippen LogP contribution in [-0.2, 0) is 4.74 Å². The average molecular weight is 295 g/mol. The smallest absolute Gasteiger partial charge is 0.0545 e. The van der Waals surface area contributed by atoms with Gasteiger partial charge in [-0.25, -0.2) is 0 Å². The van der Waals surface area contributed by atoms with Crippen molar-refractivity contribution in [2.45, 2.75) is 25.7 Å². The van der Waals surface area contributed by atoms with Gasteiger partial charge in [-0.15, -0.1) is 0 Å². The van der Waals surface area contributed by atoms with E-state index in [0.29, 0.717) is 5.41 Å². The number of ether oxygens (including phenoxy) is 1. The normalized spacial score (nSPS) is 36.3. The summed E-state index contributed by atoms with van der Waals surface area (Å²) in [7, 11) is 4.45. The summed E-state index contributed by atoms with van der Waals surface area (Å²) < 4.78 is 5.23. The summed E-state index contributed by atoms with van der Waals surface area (Å²) in [6.07, 6.45) is 5.51. The number of piperidine rings is 3. The van der Waals surface area contributed by atoms with Crippen molar-refractivity contribution in [3.05, 3.63) is 0 Å². The average Bonchev–Trinajstić information content (AvgIpc) is 2.47. The Bertz CT molecular complexity index is 322. The molecule has 1 spiro atoms. The molecule has 0 saturated carbocycles. The molecule has 0 aromatic rings. The van der Waals surface area contributed by atoms with Crippen LogP contribution < -0.4 is 5.32 Å². The number of rotatable bonds is 0. The topological polar surface area (TPSA) is 27.7 Å². The highest BCUT2D eigenvalue weighted by molar-refractivity contribution is 4.89. The number of fused-ring (bicyclic) bond motifs is 1. The predicted molar refractivity (Wildman–Crippen MR) is 86.6 cm³/mol. The first-order valence-corrected chi connectivity index (χ1v) is 8.82. The van der Waals surface area contributed by atoms with Crippen LogP contribution in [0.1, 0.15) is 25.7 Å². The Morgan fingerprint density at radius 1 is 0.952 bits per heavy atom. The van der Waals surface area contributed by atoms with E-state index >= 15 is 0 Å². The van der Waals surface area contributed by atoms with Crippen molar-refractivity contribution in [3.63, 3.8) is 0 Å². The Morgan fingerprint density at radius 3 is 2.38 bits per heavy atom. The molecule has 21 heavy (non-hydrogen) atoms. The zero-order valence-electron chi connectivity index (χ0n) is 13.9. The lowest BCUT2D eigenvalue weighted by Crippen LogP contribution is -2.49. The first kappa shape index (κ1) is 15.7. The van der Waals surface area contributed by atoms with E-state index in [9.17, 15) is 0 Å². The molecule has 2 atom stereocenters. The lowest BCUT2D eigenvalue weighted by molar-refractivity contribution is -0.137. The standard InChI is InChI=1S/C9H18N2.C8H15NO/c1-11-5-3-8-6-10-4-2-9(8)7-11;1-9-4-2-8(3-5-9)6-10-7-8/h8-10H,2-7H2,1H3;2-7H2,1H3. The van der Waals surface area contributed by atoms with Crippen LogP contribution in [0.3, 0.4) is 0 Å². The van der Waals surface area contributed by atoms with Crippen molar-refractivity contribution < 1.29 is 4.74 Å². The van der Waals surface area contributed by atoms with Gasteiger partial charge in [0.15, 0.2) is 0 Å². The first-order valence-electron chi connectivity index (χ1n) is 8.82. The van der Waals surface area contributed by atoms with Gasteiger partial charge in [-0.05, 0) is 84.3 Å². The van der Waals surface area contributed by atoms with E-state index < -0.39 is 0 Å². The van der Waals surface area contributed by atoms with E-state index in [2.05, 4.69) is 29.2 Å². The van der Waals surface area contributed by atoms with E-state index in [0.717, 1.165) is 25.0 Å². The molecule has 4 heteroatoms. The molecular formula is C17H33N3O. The van der Waals surface area contributed by atoms with E-state index in [1.807, 2.05) is 0 Å². The fraction of sp³-hybridized carbons (Fsp3) is 1.00. The zero-order valence-corrected chi connectivity index (χ0v) is 13.9. The van der Waals surface area contributed by atoms with Crippen LogP contribution in [0.15, 0.2) is 0 Å². The second-order valence-corrected chi connectivity index (χ2v) is 7.86. The fourth-order valence-corrected chi connectivity index (χ4v) is 4.21. The lowest BCUT2D eigenvalue weighted by Gasteiger charge is -2.46. The molecule has 4 fully saturated rings. The Hall–Kier alpha value is -0.160. The molecule has 0 aromatic heterocycles. The van der Waals surface area contributed by atoms with Crippen LogP contribution in [0.5, 0.6) is 0 Å². The number of hydrogen-bond donors (Lipinski definition) is 1. The van der Waals surface area contributed by atoms with Crippen molar-refractivity contribution in [2.24, 2.45) is 17.3 Å². The lowest BCUT2D eigenvalue weighted by atomic mass is 9.77. The maximum atomic E-state index is 5.23. The molecule has 122 valence electrons. The molecule has 0 radical (unpaired) electrons. The monoisotopic (exact) mass is 295 g/mol. The Kier molecular flexibility index (Phi) is 5.20. The molecule has 4 aliphatic rings. The summed E-state index contributed by atoms with van der Waals surface area (Å²) in [6.45, 7) is 9.76. The van der Waals surface area contributed by atoms with Gasteiger partial charge >= 0.3 is 0 Å². The van der Waals surface area contributed by atoms with Crippen LogP contribution in [0.25, 0.3) is 0 Å². The summed E-state index contributed by atoms with van der Waals surface area (Å²) in [5.74, 6) is 1.98. The molecule has 0 bridgehead atoms. The molecule has 1 N–H and O–H groups in total. The van der Waals surface area contributed by atoms with Crippen LogP contribution >= 0.6 is 0 Å². The van der Waals surface area contributed by atoms with Gasteiger partial charge in [0.2, 0.25) is 0 Å². The largest absolute Gasteiger partial charge is 0.380 e. The molecule has 0 amide bonds. The molecule has 0 aliphatic carbocycles. The maximum Gasteiger partial charge on any atom is 0.0545 e. The van der Waals surface area contributed by atoms with E-state index in [-0.39, 0.29) is 0 Å². The minimum Gasteiger partial charge on any atom is -0.380 e. The van der Waals surface area contributed by atoms with E-state index in [4.69, 9.17) is 4.74 Å². The van der Waals surface area contributed by atoms with Gasteiger partial charge in [-0.2, -0.15) is 0 Å². The predicted octanol–water partition coefficient (Wildman–Crippen LogP) is 1.28. The third-order valence-corrected chi connectivity index (χ3v) is 6.06. The van der Waals surface area contributed by atoms with Crippen molar-refractivity contribution in [3.8, 4) is 0 Å². The van der Waals surface area contributed by atoms with E-state index in [1.54, 1.807) is 0 Å². The molecule has 2 unspecified atom stereocenters. The van der Waals surface area contributed by atoms with Crippen LogP contribution in [0, 0.1) is 17.3 Å². The van der Waals surface area contributed by atoms with E-state index in [1.165, 1.54) is 65.0 Å². The van der Waals surface area contributed by atoms with Gasteiger partial charge in [-0.1, -0.05) is 0 Å². The number of likely N-dealkylation sites (tertiary alicyclic amines) is 2. The Morgan fingerprint density at radius 2 is 1.71 bits per heavy atom. The van der Waals surface area contributed by atoms with Crippen molar-refractivity contribution in [1.29, 1.82) is 0 Å². The van der Waals surface area contributed by atoms with Crippen LogP contribution in [0.2, 0.25) is 0 Å². The molecule has 4 aliphatic heterocycles. The molecule has 4 nitrogen and oxygen atoms in total. The number of nitrogens with one attached hydrogen (secondary N) is 1. The molecule has 4 heterocycles. The highest BCUT2D eigenvalue weighted by Gasteiger charge is 2.40. The molecule has 0 aromatic carbocycles. The molecule has 4 saturated heterocycles. The Labute approximate surface area is 130 Å². The second kappa shape index (κ2) is 6.95. The van der Waals surface area contributed by atoms with Gasteiger partial charge in [-0.3, -0.25) is 0 Å². The van der Waals surface area contributed by atoms with Gasteiger partial charge < -0.3 is 19.9 Å².